The first-order chi connectivity index (χ1) is 10.2. The Morgan fingerprint density at radius 2 is 2.05 bits per heavy atom. The second-order valence-corrected chi connectivity index (χ2v) is 4.87. The molecular weight excluding hydrogens is 288 g/mol. The van der Waals surface area contributed by atoms with E-state index in [0.29, 0.717) is 22.9 Å². The monoisotopic (exact) mass is 302 g/mol. The molecule has 108 valence electrons. The summed E-state index contributed by atoms with van der Waals surface area (Å²) in [6.07, 6.45) is -0.688. The van der Waals surface area contributed by atoms with E-state index in [1.54, 1.807) is 30.3 Å². The number of nitrogens with one attached hydrogen (secondary N) is 1. The zero-order valence-corrected chi connectivity index (χ0v) is 12.0. The topological polar surface area (TPSA) is 65.3 Å². The fourth-order valence-electron chi connectivity index (χ4n) is 1.74. The van der Waals surface area contributed by atoms with Gasteiger partial charge in [-0.3, -0.25) is 0 Å². The van der Waals surface area contributed by atoms with E-state index in [-0.39, 0.29) is 6.61 Å². The van der Waals surface area contributed by atoms with Crippen LogP contribution >= 0.6 is 11.6 Å². The molecule has 2 aromatic rings. The number of anilines is 1. The maximum Gasteiger partial charge on any atom is 0.120 e. The lowest BCUT2D eigenvalue weighted by molar-refractivity contribution is 0.117. The van der Waals surface area contributed by atoms with Gasteiger partial charge in [-0.1, -0.05) is 29.8 Å². The first-order valence-corrected chi connectivity index (χ1v) is 6.86. The Labute approximate surface area is 128 Å². The van der Waals surface area contributed by atoms with Gasteiger partial charge in [0.2, 0.25) is 0 Å². The summed E-state index contributed by atoms with van der Waals surface area (Å²) in [5, 5.41) is 22.4. The van der Waals surface area contributed by atoms with E-state index in [1.165, 1.54) is 0 Å². The van der Waals surface area contributed by atoms with Crippen LogP contribution in [0, 0.1) is 11.3 Å². The molecule has 5 heteroatoms. The summed E-state index contributed by atoms with van der Waals surface area (Å²) in [5.74, 6) is 0.561. The van der Waals surface area contributed by atoms with E-state index in [9.17, 15) is 5.11 Å². The number of rotatable bonds is 6. The summed E-state index contributed by atoms with van der Waals surface area (Å²) in [6.45, 7) is 0.452. The third kappa shape index (κ3) is 4.67. The molecule has 4 nitrogen and oxygen atoms in total. The normalized spacial score (nSPS) is 11.5. The van der Waals surface area contributed by atoms with Crippen LogP contribution in [0.1, 0.15) is 5.56 Å². The molecule has 0 spiro atoms. The van der Waals surface area contributed by atoms with Crippen LogP contribution in [-0.4, -0.2) is 24.4 Å². The number of ether oxygens (including phenoxy) is 1. The van der Waals surface area contributed by atoms with E-state index in [1.807, 2.05) is 24.3 Å². The molecule has 2 N–H and O–H groups in total. The number of nitrogens with zero attached hydrogens (tertiary/aromatic N) is 1. The van der Waals surface area contributed by atoms with Crippen molar-refractivity contribution in [3.8, 4) is 11.8 Å². The minimum Gasteiger partial charge on any atom is -0.491 e. The second-order valence-electron chi connectivity index (χ2n) is 4.47. The van der Waals surface area contributed by atoms with Gasteiger partial charge in [0.1, 0.15) is 18.5 Å². The van der Waals surface area contributed by atoms with Crippen LogP contribution in [0.2, 0.25) is 5.02 Å². The minimum atomic E-state index is -0.688. The van der Waals surface area contributed by atoms with Crippen molar-refractivity contribution in [1.82, 2.24) is 0 Å². The summed E-state index contributed by atoms with van der Waals surface area (Å²) in [5.41, 5.74) is 1.29. The van der Waals surface area contributed by atoms with Crippen molar-refractivity contribution in [2.24, 2.45) is 0 Å². The smallest absolute Gasteiger partial charge is 0.120 e. The summed E-state index contributed by atoms with van der Waals surface area (Å²) >= 11 is 6.01. The van der Waals surface area contributed by atoms with Gasteiger partial charge in [0, 0.05) is 6.54 Å². The van der Waals surface area contributed by atoms with Crippen molar-refractivity contribution in [2.75, 3.05) is 18.5 Å². The Bertz CT molecular complexity index is 640. The zero-order valence-electron chi connectivity index (χ0n) is 11.3. The second kappa shape index (κ2) is 7.53. The molecule has 0 fully saturated rings. The standard InChI is InChI=1S/C16H15ClN2O2/c17-15-6-1-2-7-16(15)19-10-13(20)11-21-14-5-3-4-12(8-14)9-18/h1-8,13,19-20H,10-11H2. The lowest BCUT2D eigenvalue weighted by atomic mass is 10.2. The number of para-hydroxylation sites is 1. The Kier molecular flexibility index (Phi) is 5.44. The number of aliphatic hydroxyl groups excluding tert-OH is 1. The molecule has 0 aliphatic carbocycles. The van der Waals surface area contributed by atoms with Crippen LogP contribution in [0.3, 0.4) is 0 Å². The van der Waals surface area contributed by atoms with Crippen molar-refractivity contribution in [3.05, 3.63) is 59.1 Å². The molecule has 0 radical (unpaired) electrons. The fraction of sp³-hybridized carbons (Fsp3) is 0.188. The van der Waals surface area contributed by atoms with Crippen molar-refractivity contribution in [1.29, 1.82) is 5.26 Å². The van der Waals surface area contributed by atoms with E-state index < -0.39 is 6.10 Å². The van der Waals surface area contributed by atoms with Gasteiger partial charge < -0.3 is 15.2 Å². The fourth-order valence-corrected chi connectivity index (χ4v) is 1.94. The molecule has 0 aromatic heterocycles. The molecule has 2 aromatic carbocycles. The number of hydrogen-bond donors (Lipinski definition) is 2. The van der Waals surface area contributed by atoms with Crippen LogP contribution in [0.5, 0.6) is 5.75 Å². The molecule has 0 bridgehead atoms. The van der Waals surface area contributed by atoms with Gasteiger partial charge in [-0.05, 0) is 30.3 Å². The average Bonchev–Trinajstić information content (AvgIpc) is 2.52. The lowest BCUT2D eigenvalue weighted by Crippen LogP contribution is -2.26. The highest BCUT2D eigenvalue weighted by molar-refractivity contribution is 6.33. The first kappa shape index (κ1) is 15.2. The summed E-state index contributed by atoms with van der Waals surface area (Å²) in [6, 6.07) is 16.2. The van der Waals surface area contributed by atoms with Crippen LogP contribution in [0.15, 0.2) is 48.5 Å². The van der Waals surface area contributed by atoms with E-state index in [0.717, 1.165) is 5.69 Å². The Balaban J connectivity index is 1.81. The van der Waals surface area contributed by atoms with Gasteiger partial charge in [-0.25, -0.2) is 0 Å². The van der Waals surface area contributed by atoms with Gasteiger partial charge in [-0.15, -0.1) is 0 Å². The number of nitriles is 1. The summed E-state index contributed by atoms with van der Waals surface area (Å²) in [7, 11) is 0. The Hall–Kier alpha value is -2.22. The molecule has 21 heavy (non-hydrogen) atoms. The van der Waals surface area contributed by atoms with Gasteiger partial charge >= 0.3 is 0 Å². The van der Waals surface area contributed by atoms with Crippen LogP contribution in [-0.2, 0) is 0 Å². The van der Waals surface area contributed by atoms with E-state index in [2.05, 4.69) is 5.32 Å². The number of halogens is 1. The molecule has 0 aliphatic heterocycles. The maximum atomic E-state index is 9.89. The van der Waals surface area contributed by atoms with Gasteiger partial charge in [-0.2, -0.15) is 5.26 Å². The van der Waals surface area contributed by atoms with Gasteiger partial charge in [0.25, 0.3) is 0 Å². The van der Waals surface area contributed by atoms with E-state index in [4.69, 9.17) is 21.6 Å². The highest BCUT2D eigenvalue weighted by Crippen LogP contribution is 2.20. The number of benzene rings is 2. The van der Waals surface area contributed by atoms with Crippen molar-refractivity contribution < 1.29 is 9.84 Å². The molecule has 0 saturated heterocycles. The van der Waals surface area contributed by atoms with Gasteiger partial charge in [0.15, 0.2) is 0 Å². The molecular formula is C16H15ClN2O2. The van der Waals surface area contributed by atoms with Crippen LogP contribution in [0.4, 0.5) is 5.69 Å². The molecule has 1 atom stereocenters. The average molecular weight is 303 g/mol. The predicted molar refractivity (Wildman–Crippen MR) is 82.6 cm³/mol. The van der Waals surface area contributed by atoms with Crippen LogP contribution in [0.25, 0.3) is 0 Å². The summed E-state index contributed by atoms with van der Waals surface area (Å²) < 4.78 is 5.45. The zero-order chi connectivity index (χ0) is 15.1. The minimum absolute atomic E-state index is 0.131. The van der Waals surface area contributed by atoms with Crippen molar-refractivity contribution >= 4 is 17.3 Å². The highest BCUT2D eigenvalue weighted by atomic mass is 35.5. The Morgan fingerprint density at radius 3 is 2.81 bits per heavy atom. The van der Waals surface area contributed by atoms with Crippen molar-refractivity contribution in [3.63, 3.8) is 0 Å². The highest BCUT2D eigenvalue weighted by Gasteiger charge is 2.07. The molecule has 1 unspecified atom stereocenters. The Morgan fingerprint density at radius 1 is 1.24 bits per heavy atom. The lowest BCUT2D eigenvalue weighted by Gasteiger charge is -2.14. The quantitative estimate of drug-likeness (QED) is 0.860. The largest absolute Gasteiger partial charge is 0.491 e. The SMILES string of the molecule is N#Cc1cccc(OCC(O)CNc2ccccc2Cl)c1. The number of aliphatic hydroxyl groups is 1. The van der Waals surface area contributed by atoms with E-state index >= 15 is 0 Å². The first-order valence-electron chi connectivity index (χ1n) is 6.48. The molecule has 0 saturated carbocycles. The van der Waals surface area contributed by atoms with Crippen molar-refractivity contribution in [2.45, 2.75) is 6.10 Å². The third-order valence-electron chi connectivity index (χ3n) is 2.81. The third-order valence-corrected chi connectivity index (χ3v) is 3.14. The molecule has 0 aliphatic rings. The molecule has 2 rings (SSSR count). The molecule has 0 amide bonds. The van der Waals surface area contributed by atoms with Crippen LogP contribution < -0.4 is 10.1 Å². The molecule has 0 heterocycles. The number of hydrogen-bond acceptors (Lipinski definition) is 4. The predicted octanol–water partition coefficient (Wildman–Crippen LogP) is 3.06. The maximum absolute atomic E-state index is 9.89. The van der Waals surface area contributed by atoms with Gasteiger partial charge in [0.05, 0.1) is 22.3 Å². The summed E-state index contributed by atoms with van der Waals surface area (Å²) in [4.78, 5) is 0.